The van der Waals surface area contributed by atoms with Gasteiger partial charge >= 0.3 is 0 Å². The molecule has 0 aliphatic carbocycles. The number of hydrogen-bond donors (Lipinski definition) is 0. The molecule has 0 radical (unpaired) electrons. The Balaban J connectivity index is 1.85. The van der Waals surface area contributed by atoms with Gasteiger partial charge in [0.05, 0.1) is 31.9 Å². The molecular weight excluding hydrogens is 563 g/mol. The number of aryl methyl sites for hydroxylation is 2. The lowest BCUT2D eigenvalue weighted by molar-refractivity contribution is 0.588. The Morgan fingerprint density at radius 3 is 1.21 bits per heavy atom. The average Bonchev–Trinajstić information content (AvgIpc) is 3.37. The van der Waals surface area contributed by atoms with Gasteiger partial charge in [0.15, 0.2) is 0 Å². The van der Waals surface area contributed by atoms with E-state index in [1.807, 2.05) is 13.8 Å². The topological polar surface area (TPSA) is 78.1 Å². The van der Waals surface area contributed by atoms with Gasteiger partial charge in [-0.05, 0) is 74.5 Å². The first-order valence-electron chi connectivity index (χ1n) is 11.6. The van der Waals surface area contributed by atoms with Gasteiger partial charge in [0.2, 0.25) is 0 Å². The fourth-order valence-electron chi connectivity index (χ4n) is 4.79. The summed E-state index contributed by atoms with van der Waals surface area (Å²) >= 11 is 12.7. The summed E-state index contributed by atoms with van der Waals surface area (Å²) in [6.45, 7) is 3.74. The molecule has 10 heteroatoms. The van der Waals surface area contributed by atoms with Gasteiger partial charge in [-0.15, -0.1) is 0 Å². The molecule has 192 valence electrons. The lowest BCUT2D eigenvalue weighted by atomic mass is 10.2. The molecule has 6 rings (SSSR count). The van der Waals surface area contributed by atoms with Crippen molar-refractivity contribution in [3.05, 3.63) is 106 Å². The largest absolute Gasteiger partial charge is 0.268 e. The molecule has 6 nitrogen and oxygen atoms in total. The minimum Gasteiger partial charge on any atom is -0.231 e. The highest BCUT2D eigenvalue weighted by atomic mass is 35.5. The fraction of sp³-hybridized carbons (Fsp3) is 0.0714. The van der Waals surface area contributed by atoms with Crippen molar-refractivity contribution in [2.75, 3.05) is 0 Å². The van der Waals surface area contributed by atoms with Crippen molar-refractivity contribution >= 4 is 76.1 Å². The zero-order valence-electron chi connectivity index (χ0n) is 20.2. The van der Waals surface area contributed by atoms with Gasteiger partial charge in [0.25, 0.3) is 20.0 Å². The summed E-state index contributed by atoms with van der Waals surface area (Å²) in [6.07, 6.45) is 0. The first-order valence-corrected chi connectivity index (χ1v) is 15.2. The van der Waals surface area contributed by atoms with E-state index in [0.717, 1.165) is 11.1 Å². The first kappa shape index (κ1) is 25.0. The van der Waals surface area contributed by atoms with Crippen molar-refractivity contribution in [3.8, 4) is 0 Å². The molecule has 2 heterocycles. The first-order chi connectivity index (χ1) is 18.0. The van der Waals surface area contributed by atoms with Gasteiger partial charge in [-0.25, -0.2) is 24.8 Å². The monoisotopic (exact) mass is 582 g/mol. The molecular formula is C28H20Cl2N2O4S2. The molecule has 0 aliphatic heterocycles. The number of hydrogen-bond acceptors (Lipinski definition) is 4. The van der Waals surface area contributed by atoms with E-state index < -0.39 is 20.0 Å². The zero-order valence-corrected chi connectivity index (χ0v) is 23.3. The van der Waals surface area contributed by atoms with E-state index in [-0.39, 0.29) is 20.8 Å². The molecule has 0 aliphatic rings. The predicted octanol–water partition coefficient (Wildman–Crippen LogP) is 7.15. The van der Waals surface area contributed by atoms with Gasteiger partial charge in [0.1, 0.15) is 0 Å². The standard InChI is InChI=1S/C28H20Cl2N2O4S2/c1-17-3-9-21(10-4-17)37(33,34)31-25-13-7-19(29)15-23(25)28-27(31)24-16-20(30)8-14-26(24)32(28)38(35,36)22-11-5-18(2)6-12-22/h3-16H,1-2H3. The maximum absolute atomic E-state index is 14.2. The molecule has 0 atom stereocenters. The summed E-state index contributed by atoms with van der Waals surface area (Å²) in [5.74, 6) is 0. The Kier molecular flexibility index (Phi) is 5.66. The molecule has 4 aromatic carbocycles. The van der Waals surface area contributed by atoms with E-state index in [9.17, 15) is 16.8 Å². The van der Waals surface area contributed by atoms with Crippen LogP contribution in [0.25, 0.3) is 32.8 Å². The average molecular weight is 584 g/mol. The van der Waals surface area contributed by atoms with E-state index in [4.69, 9.17) is 23.2 Å². The second-order valence-corrected chi connectivity index (χ2v) is 13.6. The smallest absolute Gasteiger partial charge is 0.231 e. The van der Waals surface area contributed by atoms with Crippen molar-refractivity contribution in [3.63, 3.8) is 0 Å². The molecule has 0 unspecified atom stereocenters. The molecule has 38 heavy (non-hydrogen) atoms. The van der Waals surface area contributed by atoms with E-state index >= 15 is 0 Å². The Hall–Kier alpha value is -3.30. The molecule has 2 aromatic heterocycles. The van der Waals surface area contributed by atoms with Gasteiger partial charge in [-0.2, -0.15) is 0 Å². The highest BCUT2D eigenvalue weighted by molar-refractivity contribution is 7.91. The van der Waals surface area contributed by atoms with Crippen molar-refractivity contribution < 1.29 is 16.8 Å². The summed E-state index contributed by atoms with van der Waals surface area (Å²) in [6, 6.07) is 22.5. The SMILES string of the molecule is Cc1ccc(S(=O)(=O)n2c3ccc(Cl)cc3c3c2c2cc(Cl)ccc2n3S(=O)(=O)c2ccc(C)cc2)cc1. The van der Waals surface area contributed by atoms with Crippen LogP contribution in [0.5, 0.6) is 0 Å². The number of benzene rings is 4. The summed E-state index contributed by atoms with van der Waals surface area (Å²) in [4.78, 5) is 0.141. The third kappa shape index (κ3) is 3.66. The van der Waals surface area contributed by atoms with E-state index in [2.05, 4.69) is 0 Å². The molecule has 0 amide bonds. The molecule has 0 N–H and O–H groups in total. The Morgan fingerprint density at radius 2 is 0.868 bits per heavy atom. The highest BCUT2D eigenvalue weighted by Gasteiger charge is 2.32. The van der Waals surface area contributed by atoms with E-state index in [0.29, 0.717) is 31.9 Å². The van der Waals surface area contributed by atoms with E-state index in [1.54, 1.807) is 60.7 Å². The fourth-order valence-corrected chi connectivity index (χ4v) is 8.20. The second-order valence-electron chi connectivity index (χ2n) is 9.19. The van der Waals surface area contributed by atoms with Crippen LogP contribution in [0.3, 0.4) is 0 Å². The quantitative estimate of drug-likeness (QED) is 0.221. The molecule has 6 aromatic rings. The maximum atomic E-state index is 14.2. The van der Waals surface area contributed by atoms with Crippen LogP contribution in [-0.4, -0.2) is 24.8 Å². The molecule has 0 spiro atoms. The van der Waals surface area contributed by atoms with Gasteiger partial charge < -0.3 is 0 Å². The number of aromatic nitrogens is 2. The number of rotatable bonds is 4. The van der Waals surface area contributed by atoms with Crippen molar-refractivity contribution in [1.82, 2.24) is 7.94 Å². The highest BCUT2D eigenvalue weighted by Crippen LogP contribution is 2.42. The van der Waals surface area contributed by atoms with Crippen LogP contribution in [0, 0.1) is 13.8 Å². The predicted molar refractivity (Wildman–Crippen MR) is 152 cm³/mol. The lowest BCUT2D eigenvalue weighted by Gasteiger charge is -2.11. The molecule has 0 fully saturated rings. The van der Waals surface area contributed by atoms with Crippen molar-refractivity contribution in [2.45, 2.75) is 23.6 Å². The Labute approximate surface area is 229 Å². The Bertz CT molecular complexity index is 1970. The van der Waals surface area contributed by atoms with E-state index in [1.165, 1.54) is 32.2 Å². The normalized spacial score (nSPS) is 12.6. The van der Waals surface area contributed by atoms with Crippen LogP contribution in [-0.2, 0) is 20.0 Å². The third-order valence-corrected chi connectivity index (χ3v) is 10.5. The second kappa shape index (κ2) is 8.61. The molecule has 0 saturated heterocycles. The van der Waals surface area contributed by atoms with Crippen molar-refractivity contribution in [1.29, 1.82) is 0 Å². The lowest BCUT2D eigenvalue weighted by Crippen LogP contribution is -2.13. The van der Waals surface area contributed by atoms with Gasteiger partial charge in [-0.3, -0.25) is 0 Å². The van der Waals surface area contributed by atoms with Crippen LogP contribution in [0.4, 0.5) is 0 Å². The van der Waals surface area contributed by atoms with Crippen LogP contribution in [0.1, 0.15) is 11.1 Å². The minimum atomic E-state index is -4.16. The summed E-state index contributed by atoms with van der Waals surface area (Å²) in [7, 11) is -8.33. The van der Waals surface area contributed by atoms with Crippen LogP contribution < -0.4 is 0 Å². The summed E-state index contributed by atoms with van der Waals surface area (Å²) in [5.41, 5.74) is 2.83. The summed E-state index contributed by atoms with van der Waals surface area (Å²) in [5, 5.41) is 1.44. The van der Waals surface area contributed by atoms with Crippen LogP contribution in [0.2, 0.25) is 10.0 Å². The Morgan fingerprint density at radius 1 is 0.526 bits per heavy atom. The molecule has 0 bridgehead atoms. The minimum absolute atomic E-state index is 0.0705. The van der Waals surface area contributed by atoms with Crippen LogP contribution >= 0.6 is 23.2 Å². The number of nitrogens with zero attached hydrogens (tertiary/aromatic N) is 2. The summed E-state index contributed by atoms with van der Waals surface area (Å²) < 4.78 is 59.0. The molecule has 0 saturated carbocycles. The maximum Gasteiger partial charge on any atom is 0.268 e. The number of fused-ring (bicyclic) bond motifs is 5. The third-order valence-electron chi connectivity index (χ3n) is 6.61. The van der Waals surface area contributed by atoms with Gasteiger partial charge in [-0.1, -0.05) is 58.6 Å². The van der Waals surface area contributed by atoms with Crippen molar-refractivity contribution in [2.24, 2.45) is 0 Å². The zero-order chi connectivity index (χ0) is 27.0. The van der Waals surface area contributed by atoms with Gasteiger partial charge in [0, 0.05) is 20.8 Å². The van der Waals surface area contributed by atoms with Crippen LogP contribution in [0.15, 0.2) is 94.7 Å². The number of halogens is 2.